The van der Waals surface area contributed by atoms with Gasteiger partial charge >= 0.3 is 5.97 Å². The monoisotopic (exact) mass is 469 g/mol. The molecular formula is C27H35NO4S. The van der Waals surface area contributed by atoms with Gasteiger partial charge in [-0.1, -0.05) is 58.5 Å². The van der Waals surface area contributed by atoms with E-state index in [-0.39, 0.29) is 34.2 Å². The first-order valence-corrected chi connectivity index (χ1v) is 12.2. The highest BCUT2D eigenvalue weighted by atomic mass is 32.2. The van der Waals surface area contributed by atoms with Gasteiger partial charge < -0.3 is 20.7 Å². The minimum atomic E-state index is -0.785. The van der Waals surface area contributed by atoms with Crippen LogP contribution in [0.25, 0.3) is 0 Å². The number of carbonyl (C=O) groups excluding carboxylic acids is 1. The van der Waals surface area contributed by atoms with Crippen LogP contribution in [0.4, 0.5) is 5.69 Å². The molecule has 5 nitrogen and oxygen atoms in total. The lowest BCUT2D eigenvalue weighted by atomic mass is 9.80. The Morgan fingerprint density at radius 1 is 1.15 bits per heavy atom. The van der Waals surface area contributed by atoms with Gasteiger partial charge in [-0.05, 0) is 72.1 Å². The second-order valence-corrected chi connectivity index (χ2v) is 11.3. The number of nitrogens with two attached hydrogens (primary N) is 1. The number of aliphatic hydroxyl groups excluding tert-OH is 1. The fourth-order valence-corrected chi connectivity index (χ4v) is 5.34. The third kappa shape index (κ3) is 5.49. The van der Waals surface area contributed by atoms with Gasteiger partial charge in [0, 0.05) is 17.0 Å². The Balaban J connectivity index is 1.90. The molecule has 0 saturated carbocycles. The molecule has 3 rings (SSSR count). The second-order valence-electron chi connectivity index (χ2n) is 10.3. The molecule has 0 aromatic heterocycles. The summed E-state index contributed by atoms with van der Waals surface area (Å²) in [5.74, 6) is -0.171. The van der Waals surface area contributed by atoms with Gasteiger partial charge in [-0.2, -0.15) is 0 Å². The van der Waals surface area contributed by atoms with E-state index in [9.17, 15) is 15.0 Å². The number of phenolic OH excluding ortho intramolecular Hbond substituents is 1. The molecule has 2 aromatic rings. The molecule has 0 fully saturated rings. The van der Waals surface area contributed by atoms with Gasteiger partial charge in [0.15, 0.2) is 0 Å². The SMILES string of the molecule is Cc1cc(SC2=C(O)C[C@](CCc3ccc(O)cc3)(C(C)C)OC2=O)c(C(C)(C)C)cc1N. The van der Waals surface area contributed by atoms with Crippen LogP contribution < -0.4 is 5.73 Å². The van der Waals surface area contributed by atoms with Crippen LogP contribution in [0.3, 0.4) is 0 Å². The van der Waals surface area contributed by atoms with Crippen LogP contribution in [0.5, 0.6) is 5.75 Å². The molecule has 0 spiro atoms. The van der Waals surface area contributed by atoms with E-state index < -0.39 is 11.6 Å². The first-order valence-electron chi connectivity index (χ1n) is 11.3. The third-order valence-corrected chi connectivity index (χ3v) is 7.59. The van der Waals surface area contributed by atoms with Gasteiger partial charge in [0.25, 0.3) is 0 Å². The summed E-state index contributed by atoms with van der Waals surface area (Å²) >= 11 is 1.26. The lowest BCUT2D eigenvalue weighted by Crippen LogP contribution is -2.44. The minimum Gasteiger partial charge on any atom is -0.511 e. The largest absolute Gasteiger partial charge is 0.511 e. The number of rotatable bonds is 6. The summed E-state index contributed by atoms with van der Waals surface area (Å²) in [6.07, 6.45) is 1.53. The molecular weight excluding hydrogens is 434 g/mol. The standard InChI is InChI=1S/C27H35NO4S/c1-16(2)27(12-11-18-7-9-19(29)10-8-18)15-22(30)24(25(31)32-27)33-23-13-17(3)21(28)14-20(23)26(4,5)6/h7-10,13-14,16,29-30H,11-12,15,28H2,1-6H3/t27-/m1/s1. The average Bonchev–Trinajstić information content (AvgIpc) is 2.71. The number of hydrogen-bond donors (Lipinski definition) is 3. The van der Waals surface area contributed by atoms with E-state index in [1.165, 1.54) is 11.8 Å². The van der Waals surface area contributed by atoms with Crippen LogP contribution in [-0.4, -0.2) is 21.8 Å². The number of aryl methyl sites for hydroxylation is 2. The Morgan fingerprint density at radius 3 is 2.33 bits per heavy atom. The topological polar surface area (TPSA) is 92.8 Å². The minimum absolute atomic E-state index is 0.0242. The molecule has 0 bridgehead atoms. The zero-order chi connectivity index (χ0) is 24.6. The molecule has 0 aliphatic carbocycles. The van der Waals surface area contributed by atoms with Crippen molar-refractivity contribution in [3.8, 4) is 5.75 Å². The number of hydrogen-bond acceptors (Lipinski definition) is 6. The summed E-state index contributed by atoms with van der Waals surface area (Å²) in [5, 5.41) is 20.6. The number of thioether (sulfide) groups is 1. The number of esters is 1. The molecule has 1 heterocycles. The molecule has 1 atom stereocenters. The predicted molar refractivity (Wildman–Crippen MR) is 135 cm³/mol. The lowest BCUT2D eigenvalue weighted by molar-refractivity contribution is -0.164. The predicted octanol–water partition coefficient (Wildman–Crippen LogP) is 6.42. The van der Waals surface area contributed by atoms with Crippen molar-refractivity contribution in [2.75, 3.05) is 5.73 Å². The van der Waals surface area contributed by atoms with Crippen LogP contribution in [0, 0.1) is 12.8 Å². The Morgan fingerprint density at radius 2 is 1.79 bits per heavy atom. The lowest BCUT2D eigenvalue weighted by Gasteiger charge is -2.40. The average molecular weight is 470 g/mol. The molecule has 0 amide bonds. The molecule has 1 aliphatic rings. The molecule has 1 aliphatic heterocycles. The Hall–Kier alpha value is -2.60. The first kappa shape index (κ1) is 25.0. The summed E-state index contributed by atoms with van der Waals surface area (Å²) < 4.78 is 6.06. The molecule has 0 saturated heterocycles. The summed E-state index contributed by atoms with van der Waals surface area (Å²) in [6, 6.07) is 11.0. The van der Waals surface area contributed by atoms with Gasteiger partial charge in [0.05, 0.1) is 0 Å². The molecule has 0 radical (unpaired) electrons. The van der Waals surface area contributed by atoms with Gasteiger partial charge in [-0.3, -0.25) is 0 Å². The molecule has 6 heteroatoms. The van der Waals surface area contributed by atoms with Gasteiger partial charge in [0.2, 0.25) is 0 Å². The van der Waals surface area contributed by atoms with E-state index in [0.717, 1.165) is 21.6 Å². The maximum absolute atomic E-state index is 13.2. The Kier molecular flexibility index (Phi) is 7.08. The Labute approximate surface area is 201 Å². The van der Waals surface area contributed by atoms with Crippen molar-refractivity contribution in [3.63, 3.8) is 0 Å². The molecule has 4 N–H and O–H groups in total. The number of carbonyl (C=O) groups is 1. The fraction of sp³-hybridized carbons (Fsp3) is 0.444. The number of benzene rings is 2. The van der Waals surface area contributed by atoms with E-state index >= 15 is 0 Å². The highest BCUT2D eigenvalue weighted by Crippen LogP contribution is 2.45. The smallest absolute Gasteiger partial charge is 0.349 e. The number of cyclic esters (lactones) is 1. The van der Waals surface area contributed by atoms with E-state index in [2.05, 4.69) is 20.8 Å². The normalized spacial score (nSPS) is 19.2. The zero-order valence-corrected chi connectivity index (χ0v) is 21.2. The van der Waals surface area contributed by atoms with Crippen molar-refractivity contribution < 1.29 is 19.7 Å². The number of ether oxygens (including phenoxy) is 1. The summed E-state index contributed by atoms with van der Waals surface area (Å²) in [5.41, 5.74) is 8.90. The number of nitrogen functional groups attached to an aromatic ring is 1. The number of anilines is 1. The fourth-order valence-electron chi connectivity index (χ4n) is 4.10. The summed E-state index contributed by atoms with van der Waals surface area (Å²) in [4.78, 5) is 14.3. The highest BCUT2D eigenvalue weighted by Gasteiger charge is 2.44. The molecule has 33 heavy (non-hydrogen) atoms. The van der Waals surface area contributed by atoms with Crippen molar-refractivity contribution in [2.24, 2.45) is 5.92 Å². The van der Waals surface area contributed by atoms with Crippen LogP contribution in [0.1, 0.15) is 64.2 Å². The van der Waals surface area contributed by atoms with Crippen LogP contribution in [-0.2, 0) is 21.4 Å². The zero-order valence-electron chi connectivity index (χ0n) is 20.4. The van der Waals surface area contributed by atoms with Crippen molar-refractivity contribution in [1.82, 2.24) is 0 Å². The second kappa shape index (κ2) is 9.34. The van der Waals surface area contributed by atoms with E-state index in [1.54, 1.807) is 12.1 Å². The van der Waals surface area contributed by atoms with Crippen molar-refractivity contribution in [3.05, 3.63) is 63.8 Å². The van der Waals surface area contributed by atoms with Crippen molar-refractivity contribution >= 4 is 23.4 Å². The number of aliphatic hydroxyl groups is 1. The third-order valence-electron chi connectivity index (χ3n) is 6.42. The van der Waals surface area contributed by atoms with Crippen molar-refractivity contribution in [2.45, 2.75) is 76.7 Å². The van der Waals surface area contributed by atoms with E-state index in [4.69, 9.17) is 10.5 Å². The first-order chi connectivity index (χ1) is 15.3. The Bertz CT molecular complexity index is 1070. The van der Waals surface area contributed by atoms with Crippen LogP contribution >= 0.6 is 11.8 Å². The van der Waals surface area contributed by atoms with Crippen LogP contribution in [0.15, 0.2) is 52.0 Å². The van der Waals surface area contributed by atoms with Gasteiger partial charge in [-0.15, -0.1) is 0 Å². The number of aromatic hydroxyl groups is 1. The van der Waals surface area contributed by atoms with Gasteiger partial charge in [0.1, 0.15) is 22.0 Å². The van der Waals surface area contributed by atoms with Crippen molar-refractivity contribution in [1.29, 1.82) is 0 Å². The maximum atomic E-state index is 13.2. The van der Waals surface area contributed by atoms with Crippen LogP contribution in [0.2, 0.25) is 0 Å². The quantitative estimate of drug-likeness (QED) is 0.334. The molecule has 178 valence electrons. The molecule has 0 unspecified atom stereocenters. The summed E-state index contributed by atoms with van der Waals surface area (Å²) in [7, 11) is 0. The van der Waals surface area contributed by atoms with E-state index in [1.807, 2.05) is 45.0 Å². The highest BCUT2D eigenvalue weighted by molar-refractivity contribution is 8.04. The van der Waals surface area contributed by atoms with E-state index in [0.29, 0.717) is 18.5 Å². The van der Waals surface area contributed by atoms with Gasteiger partial charge in [-0.25, -0.2) is 4.79 Å². The summed E-state index contributed by atoms with van der Waals surface area (Å²) in [6.45, 7) is 12.3. The number of phenols is 1. The maximum Gasteiger partial charge on any atom is 0.349 e. The molecule has 2 aromatic carbocycles.